The number of aliphatic carboxylic acids is 1. The van der Waals surface area contributed by atoms with E-state index in [4.69, 9.17) is 5.11 Å². The Morgan fingerprint density at radius 3 is 2.94 bits per heavy atom. The van der Waals surface area contributed by atoms with E-state index in [9.17, 15) is 9.59 Å². The first kappa shape index (κ1) is 13.9. The first-order chi connectivity index (χ1) is 8.58. The molecule has 1 atom stereocenters. The topological polar surface area (TPSA) is 79.3 Å². The molecular formula is C13H16N2O3. The summed E-state index contributed by atoms with van der Waals surface area (Å²) in [5, 5.41) is 11.2. The van der Waals surface area contributed by atoms with Gasteiger partial charge in [0.2, 0.25) is 5.91 Å². The van der Waals surface area contributed by atoms with Crippen molar-refractivity contribution in [3.63, 3.8) is 0 Å². The zero-order chi connectivity index (χ0) is 13.4. The number of carboxylic acid groups (broad SMARTS) is 1. The number of aromatic nitrogens is 1. The van der Waals surface area contributed by atoms with Crippen molar-refractivity contribution in [3.05, 3.63) is 36.2 Å². The molecule has 0 aliphatic carbocycles. The molecule has 1 aromatic rings. The van der Waals surface area contributed by atoms with Crippen LogP contribution in [0.4, 0.5) is 0 Å². The highest BCUT2D eigenvalue weighted by Gasteiger charge is 2.07. The molecule has 0 radical (unpaired) electrons. The first-order valence-electron chi connectivity index (χ1n) is 5.65. The Kier molecular flexibility index (Phi) is 5.57. The third-order valence-electron chi connectivity index (χ3n) is 2.26. The van der Waals surface area contributed by atoms with E-state index < -0.39 is 5.97 Å². The zero-order valence-corrected chi connectivity index (χ0v) is 10.2. The number of hydrogen-bond acceptors (Lipinski definition) is 3. The van der Waals surface area contributed by atoms with Crippen LogP contribution < -0.4 is 5.32 Å². The third kappa shape index (κ3) is 5.79. The van der Waals surface area contributed by atoms with Crippen molar-refractivity contribution in [2.45, 2.75) is 13.3 Å². The lowest BCUT2D eigenvalue weighted by molar-refractivity contribution is -0.138. The summed E-state index contributed by atoms with van der Waals surface area (Å²) in [6.07, 6.45) is 6.42. The van der Waals surface area contributed by atoms with Gasteiger partial charge in [-0.05, 0) is 23.6 Å². The smallest absolute Gasteiger partial charge is 0.303 e. The summed E-state index contributed by atoms with van der Waals surface area (Å²) in [6.45, 7) is 2.13. The minimum atomic E-state index is -0.859. The lowest BCUT2D eigenvalue weighted by atomic mass is 10.1. The van der Waals surface area contributed by atoms with Gasteiger partial charge in [0.15, 0.2) is 0 Å². The molecule has 1 rings (SSSR count). The van der Waals surface area contributed by atoms with E-state index in [0.29, 0.717) is 6.54 Å². The van der Waals surface area contributed by atoms with Gasteiger partial charge >= 0.3 is 5.97 Å². The van der Waals surface area contributed by atoms with Crippen LogP contribution >= 0.6 is 0 Å². The van der Waals surface area contributed by atoms with E-state index in [1.165, 1.54) is 6.08 Å². The SMILES string of the molecule is CC(CNC(=O)/C=C/c1cccnc1)CC(=O)O. The highest BCUT2D eigenvalue weighted by atomic mass is 16.4. The molecule has 1 amide bonds. The molecule has 1 aromatic heterocycles. The van der Waals surface area contributed by atoms with Crippen LogP contribution in [-0.2, 0) is 9.59 Å². The van der Waals surface area contributed by atoms with Crippen LogP contribution in [0.25, 0.3) is 6.08 Å². The van der Waals surface area contributed by atoms with E-state index in [2.05, 4.69) is 10.3 Å². The molecule has 1 heterocycles. The van der Waals surface area contributed by atoms with Crippen LogP contribution in [0, 0.1) is 5.92 Å². The predicted octanol–water partition coefficient (Wildman–Crippen LogP) is 1.32. The maximum atomic E-state index is 11.4. The number of carbonyl (C=O) groups is 2. The standard InChI is InChI=1S/C13H16N2O3/c1-10(7-13(17)18)8-15-12(16)5-4-11-3-2-6-14-9-11/h2-6,9-10H,7-8H2,1H3,(H,15,16)(H,17,18)/b5-4+. The van der Waals surface area contributed by atoms with Crippen molar-refractivity contribution >= 4 is 18.0 Å². The number of carbonyl (C=O) groups excluding carboxylic acids is 1. The Morgan fingerprint density at radius 1 is 1.56 bits per heavy atom. The van der Waals surface area contributed by atoms with E-state index in [0.717, 1.165) is 5.56 Å². The molecular weight excluding hydrogens is 232 g/mol. The molecule has 5 nitrogen and oxygen atoms in total. The summed E-state index contributed by atoms with van der Waals surface area (Å²) in [6, 6.07) is 3.62. The molecule has 0 fully saturated rings. The number of carboxylic acids is 1. The fourth-order valence-corrected chi connectivity index (χ4v) is 1.35. The summed E-state index contributed by atoms with van der Waals surface area (Å²) in [5.41, 5.74) is 0.839. The predicted molar refractivity (Wildman–Crippen MR) is 67.7 cm³/mol. The van der Waals surface area contributed by atoms with Crippen molar-refractivity contribution in [1.29, 1.82) is 0 Å². The maximum Gasteiger partial charge on any atom is 0.303 e. The Hall–Kier alpha value is -2.17. The Bertz CT molecular complexity index is 429. The van der Waals surface area contributed by atoms with Crippen molar-refractivity contribution in [1.82, 2.24) is 10.3 Å². The van der Waals surface area contributed by atoms with Gasteiger partial charge in [-0.15, -0.1) is 0 Å². The monoisotopic (exact) mass is 248 g/mol. The second-order valence-corrected chi connectivity index (χ2v) is 4.07. The maximum absolute atomic E-state index is 11.4. The van der Waals surface area contributed by atoms with E-state index in [1.807, 2.05) is 6.07 Å². The van der Waals surface area contributed by atoms with Crippen LogP contribution in [0.2, 0.25) is 0 Å². The van der Waals surface area contributed by atoms with Crippen molar-refractivity contribution in [3.8, 4) is 0 Å². The van der Waals surface area contributed by atoms with Gasteiger partial charge in [-0.2, -0.15) is 0 Å². The number of nitrogens with zero attached hydrogens (tertiary/aromatic N) is 1. The van der Waals surface area contributed by atoms with E-state index >= 15 is 0 Å². The minimum absolute atomic E-state index is 0.0482. The zero-order valence-electron chi connectivity index (χ0n) is 10.2. The molecule has 0 aliphatic heterocycles. The lowest BCUT2D eigenvalue weighted by Gasteiger charge is -2.08. The fourth-order valence-electron chi connectivity index (χ4n) is 1.35. The molecule has 0 aromatic carbocycles. The average molecular weight is 248 g/mol. The molecule has 0 aliphatic rings. The highest BCUT2D eigenvalue weighted by molar-refractivity contribution is 5.91. The Balaban J connectivity index is 2.34. The Morgan fingerprint density at radius 2 is 2.33 bits per heavy atom. The van der Waals surface area contributed by atoms with E-state index in [-0.39, 0.29) is 18.2 Å². The summed E-state index contributed by atoms with van der Waals surface area (Å²) >= 11 is 0. The van der Waals surface area contributed by atoms with Crippen LogP contribution in [0.1, 0.15) is 18.9 Å². The normalized spacial score (nSPS) is 12.3. The van der Waals surface area contributed by atoms with E-state index in [1.54, 1.807) is 31.5 Å². The van der Waals surface area contributed by atoms with Crippen molar-refractivity contribution < 1.29 is 14.7 Å². The lowest BCUT2D eigenvalue weighted by Crippen LogP contribution is -2.27. The molecule has 2 N–H and O–H groups in total. The largest absolute Gasteiger partial charge is 0.481 e. The minimum Gasteiger partial charge on any atom is -0.481 e. The third-order valence-corrected chi connectivity index (χ3v) is 2.26. The second-order valence-electron chi connectivity index (χ2n) is 4.07. The second kappa shape index (κ2) is 7.21. The fraction of sp³-hybridized carbons (Fsp3) is 0.308. The average Bonchev–Trinajstić information content (AvgIpc) is 2.34. The van der Waals surface area contributed by atoms with Gasteiger partial charge in [0, 0.05) is 31.4 Å². The number of hydrogen-bond donors (Lipinski definition) is 2. The molecule has 96 valence electrons. The Labute approximate surface area is 106 Å². The van der Waals surface area contributed by atoms with Gasteiger partial charge in [-0.25, -0.2) is 0 Å². The number of amides is 1. The first-order valence-corrected chi connectivity index (χ1v) is 5.65. The van der Waals surface area contributed by atoms with Gasteiger partial charge in [0.1, 0.15) is 0 Å². The van der Waals surface area contributed by atoms with Crippen molar-refractivity contribution in [2.24, 2.45) is 5.92 Å². The molecule has 0 saturated heterocycles. The highest BCUT2D eigenvalue weighted by Crippen LogP contribution is 2.00. The molecule has 1 unspecified atom stereocenters. The number of rotatable bonds is 6. The molecule has 5 heteroatoms. The summed E-state index contributed by atoms with van der Waals surface area (Å²) in [7, 11) is 0. The molecule has 18 heavy (non-hydrogen) atoms. The van der Waals surface area contributed by atoms with Crippen LogP contribution in [0.3, 0.4) is 0 Å². The van der Waals surface area contributed by atoms with Gasteiger partial charge in [-0.1, -0.05) is 13.0 Å². The summed E-state index contributed by atoms with van der Waals surface area (Å²) < 4.78 is 0. The van der Waals surface area contributed by atoms with Crippen LogP contribution in [0.15, 0.2) is 30.6 Å². The number of pyridine rings is 1. The van der Waals surface area contributed by atoms with Crippen LogP contribution in [-0.4, -0.2) is 28.5 Å². The van der Waals surface area contributed by atoms with Gasteiger partial charge in [0.25, 0.3) is 0 Å². The molecule has 0 bridgehead atoms. The van der Waals surface area contributed by atoms with Crippen LogP contribution in [0.5, 0.6) is 0 Å². The van der Waals surface area contributed by atoms with Crippen molar-refractivity contribution in [2.75, 3.05) is 6.54 Å². The van der Waals surface area contributed by atoms with Gasteiger partial charge in [-0.3, -0.25) is 14.6 Å². The molecule has 0 spiro atoms. The van der Waals surface area contributed by atoms with Gasteiger partial charge < -0.3 is 10.4 Å². The summed E-state index contributed by atoms with van der Waals surface area (Å²) in [4.78, 5) is 25.8. The summed E-state index contributed by atoms with van der Waals surface area (Å²) in [5.74, 6) is -1.18. The van der Waals surface area contributed by atoms with Gasteiger partial charge in [0.05, 0.1) is 0 Å². The molecule has 0 saturated carbocycles. The quantitative estimate of drug-likeness (QED) is 0.744. The number of nitrogens with one attached hydrogen (secondary N) is 1.